The number of benzene rings is 1. The summed E-state index contributed by atoms with van der Waals surface area (Å²) >= 11 is 6.30. The number of nitrogens with zero attached hydrogens (tertiary/aromatic N) is 3. The van der Waals surface area contributed by atoms with Crippen molar-refractivity contribution in [3.63, 3.8) is 0 Å². The molecular formula is C15H21ClN4O2. The second kappa shape index (κ2) is 7.47. The van der Waals surface area contributed by atoms with Crippen LogP contribution < -0.4 is 14.8 Å². The predicted molar refractivity (Wildman–Crippen MR) is 85.5 cm³/mol. The lowest BCUT2D eigenvalue weighted by Gasteiger charge is -2.16. The average molecular weight is 325 g/mol. The van der Waals surface area contributed by atoms with Gasteiger partial charge in [0, 0.05) is 24.2 Å². The maximum atomic E-state index is 6.30. The molecule has 7 heteroatoms. The van der Waals surface area contributed by atoms with E-state index in [4.69, 9.17) is 21.1 Å². The van der Waals surface area contributed by atoms with E-state index in [0.717, 1.165) is 17.9 Å². The highest BCUT2D eigenvalue weighted by Crippen LogP contribution is 2.33. The predicted octanol–water partition coefficient (Wildman–Crippen LogP) is 2.82. The zero-order valence-electron chi connectivity index (χ0n) is 13.3. The van der Waals surface area contributed by atoms with Crippen molar-refractivity contribution >= 4 is 11.6 Å². The van der Waals surface area contributed by atoms with E-state index in [1.165, 1.54) is 0 Å². The quantitative estimate of drug-likeness (QED) is 0.848. The first-order chi connectivity index (χ1) is 10.6. The van der Waals surface area contributed by atoms with Crippen LogP contribution in [-0.2, 0) is 13.1 Å². The van der Waals surface area contributed by atoms with Crippen LogP contribution in [0.1, 0.15) is 31.3 Å². The summed E-state index contributed by atoms with van der Waals surface area (Å²) in [6.45, 7) is 5.54. The number of rotatable bonds is 7. The van der Waals surface area contributed by atoms with Gasteiger partial charge < -0.3 is 19.4 Å². The van der Waals surface area contributed by atoms with Crippen LogP contribution in [-0.4, -0.2) is 29.0 Å². The Bertz CT molecular complexity index is 630. The number of nitrogens with one attached hydrogen (secondary N) is 1. The fourth-order valence-corrected chi connectivity index (χ4v) is 2.45. The molecule has 2 rings (SSSR count). The van der Waals surface area contributed by atoms with Gasteiger partial charge in [-0.15, -0.1) is 10.2 Å². The van der Waals surface area contributed by atoms with Crippen molar-refractivity contribution in [2.75, 3.05) is 14.2 Å². The standard InChI is InChI=1S/C15H21ClN4O2/c1-5-20-9-18-19-15(20)10(2)17-8-11-6-13(21-3)14(22-4)7-12(11)16/h6-7,9-10,17H,5,8H2,1-4H3. The van der Waals surface area contributed by atoms with Crippen LogP contribution in [0.5, 0.6) is 11.5 Å². The molecule has 6 nitrogen and oxygen atoms in total. The second-order valence-electron chi connectivity index (χ2n) is 4.88. The summed E-state index contributed by atoms with van der Waals surface area (Å²) in [5.41, 5.74) is 0.939. The summed E-state index contributed by atoms with van der Waals surface area (Å²) in [7, 11) is 3.20. The molecule has 1 N–H and O–H groups in total. The summed E-state index contributed by atoms with van der Waals surface area (Å²) in [5.74, 6) is 2.18. The van der Waals surface area contributed by atoms with Gasteiger partial charge in [-0.1, -0.05) is 11.6 Å². The van der Waals surface area contributed by atoms with Crippen molar-refractivity contribution in [2.24, 2.45) is 0 Å². The van der Waals surface area contributed by atoms with E-state index in [1.807, 2.05) is 17.6 Å². The van der Waals surface area contributed by atoms with Gasteiger partial charge in [-0.05, 0) is 25.5 Å². The number of hydrogen-bond acceptors (Lipinski definition) is 5. The highest BCUT2D eigenvalue weighted by molar-refractivity contribution is 6.31. The van der Waals surface area contributed by atoms with Crippen molar-refractivity contribution in [3.8, 4) is 11.5 Å². The fraction of sp³-hybridized carbons (Fsp3) is 0.467. The summed E-state index contributed by atoms with van der Waals surface area (Å²) in [5, 5.41) is 12.1. The molecule has 1 aromatic carbocycles. The number of ether oxygens (including phenoxy) is 2. The molecule has 1 unspecified atom stereocenters. The van der Waals surface area contributed by atoms with E-state index in [2.05, 4.69) is 22.4 Å². The second-order valence-corrected chi connectivity index (χ2v) is 5.28. The molecular weight excluding hydrogens is 304 g/mol. The molecule has 0 spiro atoms. The Morgan fingerprint density at radius 2 is 1.95 bits per heavy atom. The number of aromatic nitrogens is 3. The van der Waals surface area contributed by atoms with Crippen molar-refractivity contribution in [3.05, 3.63) is 34.9 Å². The van der Waals surface area contributed by atoms with E-state index in [9.17, 15) is 0 Å². The number of hydrogen-bond donors (Lipinski definition) is 1. The molecule has 0 aliphatic carbocycles. The molecule has 0 fully saturated rings. The van der Waals surface area contributed by atoms with E-state index in [1.54, 1.807) is 26.6 Å². The zero-order valence-corrected chi connectivity index (χ0v) is 14.0. The summed E-state index contributed by atoms with van der Waals surface area (Å²) < 4.78 is 12.6. The topological polar surface area (TPSA) is 61.2 Å². The number of halogens is 1. The van der Waals surface area contributed by atoms with E-state index in [-0.39, 0.29) is 6.04 Å². The van der Waals surface area contributed by atoms with Gasteiger partial charge in [-0.3, -0.25) is 0 Å². The molecule has 120 valence electrons. The van der Waals surface area contributed by atoms with Gasteiger partial charge in [0.15, 0.2) is 11.5 Å². The minimum atomic E-state index is 0.0617. The van der Waals surface area contributed by atoms with Crippen molar-refractivity contribution in [2.45, 2.75) is 33.0 Å². The average Bonchev–Trinajstić information content (AvgIpc) is 3.01. The maximum absolute atomic E-state index is 6.30. The summed E-state index contributed by atoms with van der Waals surface area (Å²) in [6, 6.07) is 3.70. The Morgan fingerprint density at radius 1 is 1.27 bits per heavy atom. The highest BCUT2D eigenvalue weighted by Gasteiger charge is 2.14. The molecule has 1 heterocycles. The number of aryl methyl sites for hydroxylation is 1. The minimum absolute atomic E-state index is 0.0617. The lowest BCUT2D eigenvalue weighted by molar-refractivity contribution is 0.354. The minimum Gasteiger partial charge on any atom is -0.493 e. The Balaban J connectivity index is 2.11. The van der Waals surface area contributed by atoms with Gasteiger partial charge in [0.25, 0.3) is 0 Å². The molecule has 0 aliphatic rings. The third-order valence-corrected chi connectivity index (χ3v) is 3.88. The number of methoxy groups -OCH3 is 2. The Labute approximate surface area is 135 Å². The van der Waals surface area contributed by atoms with Crippen LogP contribution in [0.3, 0.4) is 0 Å². The van der Waals surface area contributed by atoms with Crippen LogP contribution >= 0.6 is 11.6 Å². The van der Waals surface area contributed by atoms with Crippen LogP contribution in [0, 0.1) is 0 Å². The Kier molecular flexibility index (Phi) is 5.63. The first-order valence-corrected chi connectivity index (χ1v) is 7.50. The fourth-order valence-electron chi connectivity index (χ4n) is 2.23. The molecule has 0 amide bonds. The van der Waals surface area contributed by atoms with Crippen molar-refractivity contribution in [1.82, 2.24) is 20.1 Å². The Morgan fingerprint density at radius 3 is 2.59 bits per heavy atom. The van der Waals surface area contributed by atoms with E-state index < -0.39 is 0 Å². The van der Waals surface area contributed by atoms with Gasteiger partial charge in [0.1, 0.15) is 12.2 Å². The lowest BCUT2D eigenvalue weighted by atomic mass is 10.2. The third kappa shape index (κ3) is 3.51. The molecule has 22 heavy (non-hydrogen) atoms. The van der Waals surface area contributed by atoms with Gasteiger partial charge in [0.2, 0.25) is 0 Å². The monoisotopic (exact) mass is 324 g/mol. The van der Waals surface area contributed by atoms with Crippen LogP contribution in [0.15, 0.2) is 18.5 Å². The Hall–Kier alpha value is -1.79. The van der Waals surface area contributed by atoms with Gasteiger partial charge in [-0.2, -0.15) is 0 Å². The molecule has 0 saturated carbocycles. The van der Waals surface area contributed by atoms with Gasteiger partial charge >= 0.3 is 0 Å². The van der Waals surface area contributed by atoms with Crippen LogP contribution in [0.4, 0.5) is 0 Å². The molecule has 0 radical (unpaired) electrons. The lowest BCUT2D eigenvalue weighted by Crippen LogP contribution is -2.21. The smallest absolute Gasteiger partial charge is 0.162 e. The van der Waals surface area contributed by atoms with Crippen molar-refractivity contribution in [1.29, 1.82) is 0 Å². The third-order valence-electron chi connectivity index (χ3n) is 3.52. The molecule has 0 bridgehead atoms. The first-order valence-electron chi connectivity index (χ1n) is 7.12. The zero-order chi connectivity index (χ0) is 16.1. The summed E-state index contributed by atoms with van der Waals surface area (Å²) in [6.07, 6.45) is 1.73. The first kappa shape index (κ1) is 16.6. The van der Waals surface area contributed by atoms with E-state index >= 15 is 0 Å². The van der Waals surface area contributed by atoms with E-state index in [0.29, 0.717) is 23.1 Å². The maximum Gasteiger partial charge on any atom is 0.162 e. The van der Waals surface area contributed by atoms with Crippen LogP contribution in [0.2, 0.25) is 5.02 Å². The molecule has 0 aliphatic heterocycles. The molecule has 1 atom stereocenters. The molecule has 2 aromatic rings. The van der Waals surface area contributed by atoms with Gasteiger partial charge in [0.05, 0.1) is 20.3 Å². The largest absolute Gasteiger partial charge is 0.493 e. The van der Waals surface area contributed by atoms with Crippen LogP contribution in [0.25, 0.3) is 0 Å². The SMILES string of the molecule is CCn1cnnc1C(C)NCc1cc(OC)c(OC)cc1Cl. The summed E-state index contributed by atoms with van der Waals surface area (Å²) in [4.78, 5) is 0. The van der Waals surface area contributed by atoms with Gasteiger partial charge in [-0.25, -0.2) is 0 Å². The van der Waals surface area contributed by atoms with Crippen molar-refractivity contribution < 1.29 is 9.47 Å². The molecule has 0 saturated heterocycles. The highest BCUT2D eigenvalue weighted by atomic mass is 35.5. The molecule has 1 aromatic heterocycles. The normalized spacial score (nSPS) is 12.2.